The van der Waals surface area contributed by atoms with Gasteiger partial charge in [-0.2, -0.15) is 0 Å². The lowest BCUT2D eigenvalue weighted by Gasteiger charge is -1.98. The normalized spacial score (nSPS) is 11.1. The summed E-state index contributed by atoms with van der Waals surface area (Å²) < 4.78 is 0. The number of hydrogen-bond acceptors (Lipinski definition) is 3. The van der Waals surface area contributed by atoms with Gasteiger partial charge in [-0.25, -0.2) is 0 Å². The molecule has 5 nitrogen and oxygen atoms in total. The minimum atomic E-state index is -0.768. The maximum absolute atomic E-state index is 10.9. The van der Waals surface area contributed by atoms with Gasteiger partial charge in [0.1, 0.15) is 0 Å². The number of benzene rings is 1. The molecule has 0 aliphatic carbocycles. The van der Waals surface area contributed by atoms with Gasteiger partial charge >= 0.3 is 0 Å². The van der Waals surface area contributed by atoms with Crippen LogP contribution < -0.4 is 5.73 Å². The molecule has 0 saturated carbocycles. The average molecular weight is 206 g/mol. The van der Waals surface area contributed by atoms with Crippen molar-refractivity contribution in [3.63, 3.8) is 0 Å². The van der Waals surface area contributed by atoms with Crippen LogP contribution in [0, 0.1) is 10.1 Å². The summed E-state index contributed by atoms with van der Waals surface area (Å²) in [4.78, 5) is 20.6. The molecule has 5 heteroatoms. The van der Waals surface area contributed by atoms with Crippen molar-refractivity contribution in [1.29, 1.82) is 0 Å². The topological polar surface area (TPSA) is 86.2 Å². The van der Waals surface area contributed by atoms with Gasteiger partial charge in [-0.3, -0.25) is 14.9 Å². The smallest absolute Gasteiger partial charge is 0.251 e. The third kappa shape index (κ3) is 3.60. The molecule has 0 unspecified atom stereocenters. The molecule has 0 saturated heterocycles. The Labute approximate surface area is 86.4 Å². The highest BCUT2D eigenvalue weighted by atomic mass is 16.6. The van der Waals surface area contributed by atoms with E-state index in [2.05, 4.69) is 0 Å². The van der Waals surface area contributed by atoms with E-state index in [-0.39, 0.29) is 5.57 Å². The summed E-state index contributed by atoms with van der Waals surface area (Å²) in [5.74, 6) is -0.768. The Morgan fingerprint density at radius 3 is 2.47 bits per heavy atom. The van der Waals surface area contributed by atoms with Gasteiger partial charge in [0.2, 0.25) is 6.54 Å². The zero-order chi connectivity index (χ0) is 11.3. The molecule has 78 valence electrons. The van der Waals surface area contributed by atoms with Crippen LogP contribution in [0.1, 0.15) is 5.56 Å². The third-order valence-electron chi connectivity index (χ3n) is 1.76. The molecule has 1 rings (SSSR count). The highest BCUT2D eigenvalue weighted by Crippen LogP contribution is 2.06. The lowest BCUT2D eigenvalue weighted by atomic mass is 10.1. The van der Waals surface area contributed by atoms with E-state index in [9.17, 15) is 14.9 Å². The molecular formula is C10H10N2O3. The second-order valence-corrected chi connectivity index (χ2v) is 2.94. The second-order valence-electron chi connectivity index (χ2n) is 2.94. The van der Waals surface area contributed by atoms with Gasteiger partial charge in [0.15, 0.2) is 0 Å². The number of carbonyl (C=O) groups is 1. The average Bonchev–Trinajstić information content (AvgIpc) is 2.17. The minimum absolute atomic E-state index is 0.00815. The number of primary amides is 1. The standard InChI is InChI=1S/C10H10N2O3/c11-10(13)9(7-12(14)15)6-8-4-2-1-3-5-8/h1-6H,7H2,(H2,11,13). The molecule has 0 spiro atoms. The molecule has 0 fully saturated rings. The molecule has 1 aromatic carbocycles. The van der Waals surface area contributed by atoms with E-state index < -0.39 is 17.4 Å². The second kappa shape index (κ2) is 4.90. The van der Waals surface area contributed by atoms with Crippen LogP contribution in [0.2, 0.25) is 0 Å². The SMILES string of the molecule is NC(=O)C(=Cc1ccccc1)C[N+](=O)[O-]. The van der Waals surface area contributed by atoms with E-state index in [1.807, 2.05) is 6.07 Å². The van der Waals surface area contributed by atoms with Gasteiger partial charge in [0.05, 0.1) is 5.57 Å². The monoisotopic (exact) mass is 206 g/mol. The van der Waals surface area contributed by atoms with Crippen molar-refractivity contribution in [3.8, 4) is 0 Å². The molecule has 0 radical (unpaired) electrons. The predicted octanol–water partition coefficient (Wildman–Crippen LogP) is 0.832. The number of carbonyl (C=O) groups excluding carboxylic acids is 1. The Hall–Kier alpha value is -2.17. The Balaban J connectivity index is 2.94. The van der Waals surface area contributed by atoms with Crippen molar-refractivity contribution >= 4 is 12.0 Å². The maximum Gasteiger partial charge on any atom is 0.251 e. The molecule has 1 amide bonds. The first-order valence-electron chi connectivity index (χ1n) is 4.27. The van der Waals surface area contributed by atoms with Crippen LogP contribution in [0.5, 0.6) is 0 Å². The van der Waals surface area contributed by atoms with E-state index in [4.69, 9.17) is 5.73 Å². The van der Waals surface area contributed by atoms with Gasteiger partial charge in [-0.1, -0.05) is 30.3 Å². The number of rotatable bonds is 4. The van der Waals surface area contributed by atoms with Crippen LogP contribution >= 0.6 is 0 Å². The van der Waals surface area contributed by atoms with Crippen molar-refractivity contribution in [2.24, 2.45) is 5.73 Å². The predicted molar refractivity (Wildman–Crippen MR) is 55.5 cm³/mol. The zero-order valence-electron chi connectivity index (χ0n) is 7.92. The van der Waals surface area contributed by atoms with Crippen molar-refractivity contribution in [2.45, 2.75) is 0 Å². The summed E-state index contributed by atoms with van der Waals surface area (Å²) in [6, 6.07) is 8.84. The highest BCUT2D eigenvalue weighted by molar-refractivity contribution is 5.96. The summed E-state index contributed by atoms with van der Waals surface area (Å²) in [6.45, 7) is -0.551. The number of amides is 1. The van der Waals surface area contributed by atoms with Crippen molar-refractivity contribution in [1.82, 2.24) is 0 Å². The molecule has 0 atom stereocenters. The molecular weight excluding hydrogens is 196 g/mol. The zero-order valence-corrected chi connectivity index (χ0v) is 7.92. The maximum atomic E-state index is 10.9. The Morgan fingerprint density at radius 1 is 1.40 bits per heavy atom. The molecule has 0 aliphatic rings. The van der Waals surface area contributed by atoms with E-state index in [1.165, 1.54) is 6.08 Å². The van der Waals surface area contributed by atoms with Crippen molar-refractivity contribution in [2.75, 3.05) is 6.54 Å². The van der Waals surface area contributed by atoms with Crippen LogP contribution in [0.15, 0.2) is 35.9 Å². The van der Waals surface area contributed by atoms with Crippen LogP contribution in [0.4, 0.5) is 0 Å². The summed E-state index contributed by atoms with van der Waals surface area (Å²) in [7, 11) is 0. The Kier molecular flexibility index (Phi) is 3.56. The molecule has 0 heterocycles. The molecule has 2 N–H and O–H groups in total. The molecule has 0 aliphatic heterocycles. The number of hydrogen-bond donors (Lipinski definition) is 1. The van der Waals surface area contributed by atoms with E-state index >= 15 is 0 Å². The summed E-state index contributed by atoms with van der Waals surface area (Å²) in [5.41, 5.74) is 5.73. The molecule has 0 bridgehead atoms. The first kappa shape index (κ1) is 10.9. The van der Waals surface area contributed by atoms with Gasteiger partial charge in [-0.05, 0) is 11.6 Å². The summed E-state index contributed by atoms with van der Waals surface area (Å²) >= 11 is 0. The lowest BCUT2D eigenvalue weighted by molar-refractivity contribution is -0.469. The fraction of sp³-hybridized carbons (Fsp3) is 0.100. The van der Waals surface area contributed by atoms with E-state index in [0.717, 1.165) is 0 Å². The van der Waals surface area contributed by atoms with Crippen LogP contribution in [-0.2, 0) is 4.79 Å². The molecule has 15 heavy (non-hydrogen) atoms. The third-order valence-corrected chi connectivity index (χ3v) is 1.76. The van der Waals surface area contributed by atoms with Gasteiger partial charge < -0.3 is 5.73 Å². The fourth-order valence-corrected chi connectivity index (χ4v) is 1.08. The number of nitrogens with two attached hydrogens (primary N) is 1. The first-order valence-corrected chi connectivity index (χ1v) is 4.27. The van der Waals surface area contributed by atoms with Gasteiger partial charge in [0, 0.05) is 4.92 Å². The lowest BCUT2D eigenvalue weighted by Crippen LogP contribution is -2.20. The fourth-order valence-electron chi connectivity index (χ4n) is 1.08. The van der Waals surface area contributed by atoms with Crippen LogP contribution in [-0.4, -0.2) is 17.4 Å². The minimum Gasteiger partial charge on any atom is -0.366 e. The molecule has 0 aromatic heterocycles. The highest BCUT2D eigenvalue weighted by Gasteiger charge is 2.11. The summed E-state index contributed by atoms with van der Waals surface area (Å²) in [5, 5.41) is 10.3. The summed E-state index contributed by atoms with van der Waals surface area (Å²) in [6.07, 6.45) is 1.42. The van der Waals surface area contributed by atoms with Crippen LogP contribution in [0.25, 0.3) is 6.08 Å². The number of nitro groups is 1. The first-order chi connectivity index (χ1) is 7.09. The quantitative estimate of drug-likeness (QED) is 0.449. The molecule has 1 aromatic rings. The Morgan fingerprint density at radius 2 is 2.00 bits per heavy atom. The van der Waals surface area contributed by atoms with Crippen molar-refractivity contribution in [3.05, 3.63) is 51.6 Å². The van der Waals surface area contributed by atoms with Crippen LogP contribution in [0.3, 0.4) is 0 Å². The van der Waals surface area contributed by atoms with Gasteiger partial charge in [-0.15, -0.1) is 0 Å². The van der Waals surface area contributed by atoms with E-state index in [0.29, 0.717) is 5.56 Å². The van der Waals surface area contributed by atoms with E-state index in [1.54, 1.807) is 24.3 Å². The van der Waals surface area contributed by atoms with Gasteiger partial charge in [0.25, 0.3) is 5.91 Å². The Bertz CT molecular complexity index is 398. The van der Waals surface area contributed by atoms with Crippen molar-refractivity contribution < 1.29 is 9.72 Å². The largest absolute Gasteiger partial charge is 0.366 e. The number of nitrogens with zero attached hydrogens (tertiary/aromatic N) is 1.